The molecule has 0 aromatic heterocycles. The zero-order valence-electron chi connectivity index (χ0n) is 10.5. The topological polar surface area (TPSA) is 26.3 Å². The van der Waals surface area contributed by atoms with Gasteiger partial charge in [0.25, 0.3) is 0 Å². The zero-order chi connectivity index (χ0) is 12.6. The van der Waals surface area contributed by atoms with E-state index in [9.17, 15) is 4.79 Å². The summed E-state index contributed by atoms with van der Waals surface area (Å²) in [6.45, 7) is 6.49. The van der Waals surface area contributed by atoms with Gasteiger partial charge in [-0.25, -0.2) is 0 Å². The number of hydrogen-bond acceptors (Lipinski definition) is 2. The summed E-state index contributed by atoms with van der Waals surface area (Å²) in [5, 5.41) is 0.523. The number of ketones is 1. The van der Waals surface area contributed by atoms with E-state index in [0.29, 0.717) is 17.2 Å². The third-order valence-electron chi connectivity index (χ3n) is 3.53. The molecule has 2 rings (SSSR count). The average Bonchev–Trinajstić information content (AvgIpc) is 2.71. The van der Waals surface area contributed by atoms with Crippen molar-refractivity contribution in [1.82, 2.24) is 0 Å². The Morgan fingerprint density at radius 1 is 1.35 bits per heavy atom. The SMILES string of the molecule is Cc1cc(Cl)c(C(=O)C2(C)CCCO2)cc1C. The van der Waals surface area contributed by atoms with Crippen LogP contribution in [-0.2, 0) is 4.74 Å². The molecular weight excluding hydrogens is 236 g/mol. The largest absolute Gasteiger partial charge is 0.367 e. The molecule has 1 aromatic carbocycles. The van der Waals surface area contributed by atoms with E-state index >= 15 is 0 Å². The van der Waals surface area contributed by atoms with Crippen LogP contribution in [0.15, 0.2) is 12.1 Å². The van der Waals surface area contributed by atoms with Gasteiger partial charge in [-0.1, -0.05) is 11.6 Å². The van der Waals surface area contributed by atoms with E-state index in [1.165, 1.54) is 0 Å². The van der Waals surface area contributed by atoms with Gasteiger partial charge in [0, 0.05) is 12.2 Å². The summed E-state index contributed by atoms with van der Waals surface area (Å²) in [5.41, 5.74) is 2.08. The van der Waals surface area contributed by atoms with Crippen molar-refractivity contribution in [2.45, 2.75) is 39.2 Å². The minimum absolute atomic E-state index is 0.00287. The lowest BCUT2D eigenvalue weighted by Crippen LogP contribution is -2.34. The Bertz CT molecular complexity index is 460. The van der Waals surface area contributed by atoms with E-state index in [-0.39, 0.29) is 5.78 Å². The molecule has 1 aliphatic heterocycles. The maximum absolute atomic E-state index is 12.4. The Hall–Kier alpha value is -0.860. The van der Waals surface area contributed by atoms with E-state index in [1.54, 1.807) is 0 Å². The Kier molecular flexibility index (Phi) is 3.28. The van der Waals surface area contributed by atoms with Gasteiger partial charge in [-0.3, -0.25) is 4.79 Å². The molecule has 1 unspecified atom stereocenters. The number of Topliss-reactive ketones (excluding diaryl/α,β-unsaturated/α-hetero) is 1. The predicted octanol–water partition coefficient (Wildman–Crippen LogP) is 3.71. The summed E-state index contributed by atoms with van der Waals surface area (Å²) in [4.78, 5) is 12.4. The number of hydrogen-bond donors (Lipinski definition) is 0. The van der Waals surface area contributed by atoms with Crippen molar-refractivity contribution < 1.29 is 9.53 Å². The fourth-order valence-electron chi connectivity index (χ4n) is 2.20. The first kappa shape index (κ1) is 12.6. The van der Waals surface area contributed by atoms with E-state index < -0.39 is 5.60 Å². The molecule has 1 aromatic rings. The smallest absolute Gasteiger partial charge is 0.195 e. The van der Waals surface area contributed by atoms with Gasteiger partial charge >= 0.3 is 0 Å². The Labute approximate surface area is 107 Å². The Morgan fingerprint density at radius 2 is 2.00 bits per heavy atom. The van der Waals surface area contributed by atoms with Crippen LogP contribution in [0.2, 0.25) is 5.02 Å². The van der Waals surface area contributed by atoms with Crippen LogP contribution in [0, 0.1) is 13.8 Å². The highest BCUT2D eigenvalue weighted by molar-refractivity contribution is 6.34. The summed E-state index contributed by atoms with van der Waals surface area (Å²) in [5.74, 6) is 0.00287. The number of carbonyl (C=O) groups is 1. The first-order chi connectivity index (χ1) is 7.94. The lowest BCUT2D eigenvalue weighted by atomic mass is 9.90. The Balaban J connectivity index is 2.40. The van der Waals surface area contributed by atoms with Crippen molar-refractivity contribution in [3.63, 3.8) is 0 Å². The maximum atomic E-state index is 12.4. The summed E-state index contributed by atoms with van der Waals surface area (Å²) in [6.07, 6.45) is 1.71. The molecule has 0 bridgehead atoms. The van der Waals surface area contributed by atoms with Gasteiger partial charge < -0.3 is 4.74 Å². The highest BCUT2D eigenvalue weighted by atomic mass is 35.5. The van der Waals surface area contributed by atoms with Crippen molar-refractivity contribution in [3.8, 4) is 0 Å². The molecule has 0 aliphatic carbocycles. The first-order valence-corrected chi connectivity index (χ1v) is 6.27. The standard InChI is InChI=1S/C14H17ClO2/c1-9-7-11(12(15)8-10(9)2)13(16)14(3)5-4-6-17-14/h7-8H,4-6H2,1-3H3. The second-order valence-electron chi connectivity index (χ2n) is 4.93. The van der Waals surface area contributed by atoms with Crippen LogP contribution in [0.3, 0.4) is 0 Å². The summed E-state index contributed by atoms with van der Waals surface area (Å²) in [7, 11) is 0. The second kappa shape index (κ2) is 4.43. The van der Waals surface area contributed by atoms with Crippen molar-refractivity contribution in [3.05, 3.63) is 33.8 Å². The molecule has 0 saturated carbocycles. The minimum atomic E-state index is -0.689. The van der Waals surface area contributed by atoms with Crippen molar-refractivity contribution in [2.75, 3.05) is 6.61 Å². The van der Waals surface area contributed by atoms with E-state index in [0.717, 1.165) is 24.0 Å². The summed E-state index contributed by atoms with van der Waals surface area (Å²) in [6, 6.07) is 3.72. The maximum Gasteiger partial charge on any atom is 0.195 e. The lowest BCUT2D eigenvalue weighted by Gasteiger charge is -2.22. The van der Waals surface area contributed by atoms with Gasteiger partial charge in [-0.15, -0.1) is 0 Å². The van der Waals surface area contributed by atoms with Crippen LogP contribution < -0.4 is 0 Å². The quantitative estimate of drug-likeness (QED) is 0.750. The van der Waals surface area contributed by atoms with Crippen LogP contribution in [-0.4, -0.2) is 18.0 Å². The molecule has 1 saturated heterocycles. The molecule has 0 amide bonds. The van der Waals surface area contributed by atoms with Gasteiger partial charge in [-0.2, -0.15) is 0 Å². The van der Waals surface area contributed by atoms with E-state index in [4.69, 9.17) is 16.3 Å². The summed E-state index contributed by atoms with van der Waals surface area (Å²) < 4.78 is 5.57. The number of aryl methyl sites for hydroxylation is 2. The fraction of sp³-hybridized carbons (Fsp3) is 0.500. The van der Waals surface area contributed by atoms with Crippen LogP contribution in [0.5, 0.6) is 0 Å². The van der Waals surface area contributed by atoms with Crippen molar-refractivity contribution in [2.24, 2.45) is 0 Å². The third-order valence-corrected chi connectivity index (χ3v) is 3.84. The van der Waals surface area contributed by atoms with Crippen LogP contribution >= 0.6 is 11.6 Å². The molecule has 17 heavy (non-hydrogen) atoms. The van der Waals surface area contributed by atoms with E-state index in [2.05, 4.69) is 0 Å². The molecule has 1 heterocycles. The van der Waals surface area contributed by atoms with Crippen molar-refractivity contribution >= 4 is 17.4 Å². The second-order valence-corrected chi connectivity index (χ2v) is 5.34. The fourth-order valence-corrected chi connectivity index (χ4v) is 2.50. The monoisotopic (exact) mass is 252 g/mol. The molecule has 1 aliphatic rings. The van der Waals surface area contributed by atoms with Crippen molar-refractivity contribution in [1.29, 1.82) is 0 Å². The van der Waals surface area contributed by atoms with Gasteiger partial charge in [0.1, 0.15) is 5.60 Å². The minimum Gasteiger partial charge on any atom is -0.367 e. The molecule has 0 N–H and O–H groups in total. The van der Waals surface area contributed by atoms with Gasteiger partial charge in [0.2, 0.25) is 0 Å². The summed E-state index contributed by atoms with van der Waals surface area (Å²) >= 11 is 6.16. The highest BCUT2D eigenvalue weighted by Gasteiger charge is 2.39. The van der Waals surface area contributed by atoms with Crippen LogP contribution in [0.4, 0.5) is 0 Å². The zero-order valence-corrected chi connectivity index (χ0v) is 11.2. The normalized spacial score (nSPS) is 24.0. The lowest BCUT2D eigenvalue weighted by molar-refractivity contribution is 0.0213. The molecule has 0 radical (unpaired) electrons. The number of halogens is 1. The number of carbonyl (C=O) groups excluding carboxylic acids is 1. The molecule has 3 heteroatoms. The highest BCUT2D eigenvalue weighted by Crippen LogP contribution is 2.32. The third kappa shape index (κ3) is 2.24. The first-order valence-electron chi connectivity index (χ1n) is 5.89. The van der Waals surface area contributed by atoms with Crippen LogP contribution in [0.1, 0.15) is 41.3 Å². The number of rotatable bonds is 2. The van der Waals surface area contributed by atoms with E-state index in [1.807, 2.05) is 32.9 Å². The number of ether oxygens (including phenoxy) is 1. The molecule has 1 atom stereocenters. The van der Waals surface area contributed by atoms with Crippen LogP contribution in [0.25, 0.3) is 0 Å². The molecule has 1 fully saturated rings. The molecule has 0 spiro atoms. The Morgan fingerprint density at radius 3 is 2.59 bits per heavy atom. The molecular formula is C14H17ClO2. The average molecular weight is 253 g/mol. The van der Waals surface area contributed by atoms with Gasteiger partial charge in [0.05, 0.1) is 5.02 Å². The van der Waals surface area contributed by atoms with Gasteiger partial charge in [-0.05, 0) is 56.9 Å². The number of benzene rings is 1. The predicted molar refractivity (Wildman–Crippen MR) is 68.8 cm³/mol. The molecule has 92 valence electrons. The van der Waals surface area contributed by atoms with Gasteiger partial charge in [0.15, 0.2) is 5.78 Å². The molecule has 2 nitrogen and oxygen atoms in total.